The van der Waals surface area contributed by atoms with Crippen LogP contribution in [-0.4, -0.2) is 17.0 Å². The zero-order chi connectivity index (χ0) is 12.3. The van der Waals surface area contributed by atoms with Gasteiger partial charge in [0.2, 0.25) is 5.91 Å². The first-order valence-electron chi connectivity index (χ1n) is 4.65. The van der Waals surface area contributed by atoms with Crippen molar-refractivity contribution in [3.8, 4) is 0 Å². The average molecular weight is 306 g/mol. The summed E-state index contributed by atoms with van der Waals surface area (Å²) >= 11 is 4.85. The predicted molar refractivity (Wildman–Crippen MR) is 65.6 cm³/mol. The van der Waals surface area contributed by atoms with Gasteiger partial charge in [-0.1, -0.05) is 0 Å². The normalized spacial score (nSPS) is 12.2. The van der Waals surface area contributed by atoms with E-state index in [0.717, 1.165) is 14.2 Å². The minimum absolute atomic E-state index is 0.105. The summed E-state index contributed by atoms with van der Waals surface area (Å²) in [5.74, 6) is -1.16. The first-order chi connectivity index (χ1) is 7.40. The zero-order valence-electron chi connectivity index (χ0n) is 8.91. The van der Waals surface area contributed by atoms with Crippen molar-refractivity contribution in [2.75, 3.05) is 0 Å². The Morgan fingerprint density at radius 3 is 2.62 bits per heavy atom. The Morgan fingerprint density at radius 1 is 1.62 bits per heavy atom. The highest BCUT2D eigenvalue weighted by molar-refractivity contribution is 9.10. The number of rotatable bonds is 4. The van der Waals surface area contributed by atoms with Crippen molar-refractivity contribution in [3.63, 3.8) is 0 Å². The molecule has 1 rings (SSSR count). The van der Waals surface area contributed by atoms with Gasteiger partial charge in [-0.3, -0.25) is 9.59 Å². The quantitative estimate of drug-likeness (QED) is 0.898. The second-order valence-electron chi connectivity index (χ2n) is 3.40. The highest BCUT2D eigenvalue weighted by Gasteiger charge is 2.19. The van der Waals surface area contributed by atoms with Gasteiger partial charge in [-0.25, -0.2) is 0 Å². The molecular formula is C10H12BrNO3S. The molecule has 1 aromatic rings. The summed E-state index contributed by atoms with van der Waals surface area (Å²) in [6, 6.07) is 1.40. The van der Waals surface area contributed by atoms with Crippen LogP contribution < -0.4 is 5.32 Å². The number of carbonyl (C=O) groups is 2. The molecule has 6 heteroatoms. The van der Waals surface area contributed by atoms with Crippen LogP contribution in [0.25, 0.3) is 0 Å². The molecule has 1 heterocycles. The van der Waals surface area contributed by atoms with Crippen LogP contribution in [0.1, 0.15) is 29.1 Å². The van der Waals surface area contributed by atoms with Crippen LogP contribution >= 0.6 is 27.3 Å². The molecule has 1 aromatic heterocycles. The number of carboxylic acids is 1. The summed E-state index contributed by atoms with van der Waals surface area (Å²) in [6.45, 7) is 3.31. The number of nitrogens with one attached hydrogen (secondary N) is 1. The molecular weight excluding hydrogens is 294 g/mol. The molecule has 0 aliphatic carbocycles. The highest BCUT2D eigenvalue weighted by atomic mass is 79.9. The van der Waals surface area contributed by atoms with Crippen molar-refractivity contribution in [1.29, 1.82) is 0 Å². The molecule has 4 nitrogen and oxygen atoms in total. The molecule has 0 bridgehead atoms. The lowest BCUT2D eigenvalue weighted by atomic mass is 10.1. The number of amides is 1. The van der Waals surface area contributed by atoms with E-state index in [0.29, 0.717) is 0 Å². The van der Waals surface area contributed by atoms with Gasteiger partial charge in [-0.2, -0.15) is 0 Å². The Hall–Kier alpha value is -0.880. The Labute approximate surface area is 106 Å². The first-order valence-corrected chi connectivity index (χ1v) is 6.26. The summed E-state index contributed by atoms with van der Waals surface area (Å²) in [5, 5.41) is 11.4. The second kappa shape index (κ2) is 5.45. The van der Waals surface area contributed by atoms with Crippen molar-refractivity contribution in [2.24, 2.45) is 0 Å². The maximum absolute atomic E-state index is 11.0. The van der Waals surface area contributed by atoms with Gasteiger partial charge >= 0.3 is 5.97 Å². The van der Waals surface area contributed by atoms with Crippen LogP contribution in [0, 0.1) is 6.92 Å². The number of aliphatic carboxylic acids is 1. The Bertz CT molecular complexity index is 381. The van der Waals surface area contributed by atoms with Crippen LogP contribution in [-0.2, 0) is 9.59 Å². The third-order valence-corrected chi connectivity index (χ3v) is 4.23. The highest BCUT2D eigenvalue weighted by Crippen LogP contribution is 2.31. The largest absolute Gasteiger partial charge is 0.481 e. The van der Waals surface area contributed by atoms with E-state index < -0.39 is 12.0 Å². The third-order valence-electron chi connectivity index (χ3n) is 1.98. The van der Waals surface area contributed by atoms with E-state index in [1.807, 2.05) is 13.0 Å². The van der Waals surface area contributed by atoms with E-state index >= 15 is 0 Å². The summed E-state index contributed by atoms with van der Waals surface area (Å²) in [5.41, 5.74) is 0. The van der Waals surface area contributed by atoms with E-state index in [9.17, 15) is 9.59 Å². The van der Waals surface area contributed by atoms with Gasteiger partial charge in [0.1, 0.15) is 0 Å². The van der Waals surface area contributed by atoms with Crippen molar-refractivity contribution in [1.82, 2.24) is 5.32 Å². The van der Waals surface area contributed by atoms with Gasteiger partial charge in [-0.05, 0) is 28.9 Å². The topological polar surface area (TPSA) is 66.4 Å². The summed E-state index contributed by atoms with van der Waals surface area (Å²) in [4.78, 5) is 23.6. The molecule has 0 saturated heterocycles. The standard InChI is InChI=1S/C10H12BrNO3S/c1-5-7(11)3-9(16-5)8(4-10(14)15)12-6(2)13/h3,8H,4H2,1-2H3,(H,12,13)(H,14,15)/t8-/m1/s1. The second-order valence-corrected chi connectivity index (χ2v) is 5.55. The monoisotopic (exact) mass is 305 g/mol. The number of hydrogen-bond donors (Lipinski definition) is 2. The number of hydrogen-bond acceptors (Lipinski definition) is 3. The summed E-state index contributed by atoms with van der Waals surface area (Å²) < 4.78 is 0.938. The fourth-order valence-corrected chi connectivity index (χ4v) is 2.91. The van der Waals surface area contributed by atoms with Crippen LogP contribution in [0.3, 0.4) is 0 Å². The van der Waals surface area contributed by atoms with Gasteiger partial charge < -0.3 is 10.4 Å². The number of carbonyl (C=O) groups excluding carboxylic acids is 1. The lowest BCUT2D eigenvalue weighted by Gasteiger charge is -2.13. The van der Waals surface area contributed by atoms with E-state index in [2.05, 4.69) is 21.2 Å². The molecule has 0 radical (unpaired) electrons. The fraction of sp³-hybridized carbons (Fsp3) is 0.400. The SMILES string of the molecule is CC(=O)N[C@H](CC(=O)O)c1cc(Br)c(C)s1. The molecule has 2 N–H and O–H groups in total. The summed E-state index contributed by atoms with van der Waals surface area (Å²) in [7, 11) is 0. The number of thiophene rings is 1. The Balaban J connectivity index is 2.90. The van der Waals surface area contributed by atoms with E-state index in [1.54, 1.807) is 0 Å². The van der Waals surface area contributed by atoms with Gasteiger partial charge in [-0.15, -0.1) is 11.3 Å². The molecule has 0 aromatic carbocycles. The van der Waals surface area contributed by atoms with Crippen molar-refractivity contribution < 1.29 is 14.7 Å². The molecule has 0 fully saturated rings. The molecule has 0 spiro atoms. The molecule has 0 aliphatic heterocycles. The van der Waals surface area contributed by atoms with Gasteiger partial charge in [0.15, 0.2) is 0 Å². The lowest BCUT2D eigenvalue weighted by molar-refractivity contribution is -0.137. The van der Waals surface area contributed by atoms with Crippen LogP contribution in [0.15, 0.2) is 10.5 Å². The molecule has 1 atom stereocenters. The first kappa shape index (κ1) is 13.2. The maximum atomic E-state index is 11.0. The minimum atomic E-state index is -0.930. The molecule has 16 heavy (non-hydrogen) atoms. The van der Waals surface area contributed by atoms with Crippen molar-refractivity contribution >= 4 is 39.1 Å². The molecule has 1 amide bonds. The molecule has 0 saturated carbocycles. The lowest BCUT2D eigenvalue weighted by Crippen LogP contribution is -2.27. The smallest absolute Gasteiger partial charge is 0.305 e. The van der Waals surface area contributed by atoms with E-state index in [1.165, 1.54) is 18.3 Å². The third kappa shape index (κ3) is 3.61. The van der Waals surface area contributed by atoms with Crippen molar-refractivity contribution in [3.05, 3.63) is 20.3 Å². The Kier molecular flexibility index (Phi) is 4.49. The van der Waals surface area contributed by atoms with Crippen LogP contribution in [0.2, 0.25) is 0 Å². The van der Waals surface area contributed by atoms with E-state index in [4.69, 9.17) is 5.11 Å². The number of halogens is 1. The Morgan fingerprint density at radius 2 is 2.25 bits per heavy atom. The van der Waals surface area contributed by atoms with Crippen LogP contribution in [0.4, 0.5) is 0 Å². The van der Waals surface area contributed by atoms with Gasteiger partial charge in [0.25, 0.3) is 0 Å². The molecule has 0 unspecified atom stereocenters. The predicted octanol–water partition coefficient (Wildman–Crippen LogP) is 2.47. The minimum Gasteiger partial charge on any atom is -0.481 e. The van der Waals surface area contributed by atoms with Crippen LogP contribution in [0.5, 0.6) is 0 Å². The van der Waals surface area contributed by atoms with E-state index in [-0.39, 0.29) is 12.3 Å². The average Bonchev–Trinajstić information content (AvgIpc) is 2.44. The number of aryl methyl sites for hydroxylation is 1. The van der Waals surface area contributed by atoms with Gasteiger partial charge in [0.05, 0.1) is 12.5 Å². The van der Waals surface area contributed by atoms with Crippen molar-refractivity contribution in [2.45, 2.75) is 26.3 Å². The number of carboxylic acid groups (broad SMARTS) is 1. The maximum Gasteiger partial charge on any atom is 0.305 e. The molecule has 88 valence electrons. The van der Waals surface area contributed by atoms with Gasteiger partial charge in [0, 0.05) is 21.2 Å². The summed E-state index contributed by atoms with van der Waals surface area (Å²) in [6.07, 6.45) is -0.105. The zero-order valence-corrected chi connectivity index (χ0v) is 11.3. The fourth-order valence-electron chi connectivity index (χ4n) is 1.30. The molecule has 0 aliphatic rings.